The molecule has 1 aliphatic rings. The molecule has 1 amide bonds. The summed E-state index contributed by atoms with van der Waals surface area (Å²) in [5.74, 6) is 0.663. The van der Waals surface area contributed by atoms with Gasteiger partial charge in [-0.1, -0.05) is 25.1 Å². The molecule has 98 valence electrons. The van der Waals surface area contributed by atoms with Gasteiger partial charge in [0, 0.05) is 30.6 Å². The van der Waals surface area contributed by atoms with Crippen molar-refractivity contribution in [1.82, 2.24) is 5.32 Å². The lowest BCUT2D eigenvalue weighted by atomic mass is 10.0. The molecule has 0 saturated carbocycles. The monoisotopic (exact) mass is 246 g/mol. The molecule has 1 aromatic carbocycles. The van der Waals surface area contributed by atoms with E-state index in [0.717, 1.165) is 18.7 Å². The third kappa shape index (κ3) is 2.27. The van der Waals surface area contributed by atoms with Crippen LogP contribution in [0.5, 0.6) is 0 Å². The van der Waals surface area contributed by atoms with E-state index in [-0.39, 0.29) is 11.9 Å². The predicted octanol–water partition coefficient (Wildman–Crippen LogP) is 2.21. The Morgan fingerprint density at radius 3 is 2.78 bits per heavy atom. The first-order chi connectivity index (χ1) is 8.69. The molecule has 1 saturated heterocycles. The van der Waals surface area contributed by atoms with Gasteiger partial charge in [-0.3, -0.25) is 4.79 Å². The average Bonchev–Trinajstić information content (AvgIpc) is 2.65. The second-order valence-corrected chi connectivity index (χ2v) is 5.01. The largest absolute Gasteiger partial charge is 0.319 e. The number of benzene rings is 1. The molecule has 0 aromatic heterocycles. The van der Waals surface area contributed by atoms with Crippen molar-refractivity contribution >= 4 is 11.6 Å². The van der Waals surface area contributed by atoms with E-state index in [1.54, 1.807) is 0 Å². The van der Waals surface area contributed by atoms with Crippen LogP contribution in [0.2, 0.25) is 0 Å². The summed E-state index contributed by atoms with van der Waals surface area (Å²) >= 11 is 0. The molecule has 0 bridgehead atoms. The van der Waals surface area contributed by atoms with E-state index in [1.807, 2.05) is 24.1 Å². The van der Waals surface area contributed by atoms with Gasteiger partial charge in [0.15, 0.2) is 0 Å². The first-order valence-corrected chi connectivity index (χ1v) is 6.73. The fourth-order valence-corrected chi connectivity index (χ4v) is 2.83. The summed E-state index contributed by atoms with van der Waals surface area (Å²) in [6.07, 6.45) is 1.61. The molecule has 18 heavy (non-hydrogen) atoms. The van der Waals surface area contributed by atoms with Crippen LogP contribution in [-0.2, 0) is 11.2 Å². The van der Waals surface area contributed by atoms with Crippen LogP contribution in [0.25, 0.3) is 0 Å². The van der Waals surface area contributed by atoms with Crippen LogP contribution in [0.3, 0.4) is 0 Å². The Kier molecular flexibility index (Phi) is 4.02. The number of hydrogen-bond acceptors (Lipinski definition) is 2. The highest BCUT2D eigenvalue weighted by molar-refractivity contribution is 5.97. The normalized spacial score (nSPS) is 23.7. The Morgan fingerprint density at radius 2 is 2.11 bits per heavy atom. The summed E-state index contributed by atoms with van der Waals surface area (Å²) in [6, 6.07) is 8.51. The maximum atomic E-state index is 12.2. The van der Waals surface area contributed by atoms with Gasteiger partial charge in [-0.2, -0.15) is 0 Å². The lowest BCUT2D eigenvalue weighted by Gasteiger charge is -2.26. The number of para-hydroxylation sites is 1. The molecule has 3 heteroatoms. The zero-order valence-corrected chi connectivity index (χ0v) is 11.4. The van der Waals surface area contributed by atoms with E-state index in [0.29, 0.717) is 12.3 Å². The quantitative estimate of drug-likeness (QED) is 0.883. The summed E-state index contributed by atoms with van der Waals surface area (Å²) in [5, 5.41) is 3.18. The minimum Gasteiger partial charge on any atom is -0.319 e. The minimum atomic E-state index is 0.253. The molecule has 1 N–H and O–H groups in total. The summed E-state index contributed by atoms with van der Waals surface area (Å²) in [7, 11) is 1.94. The topological polar surface area (TPSA) is 32.3 Å². The van der Waals surface area contributed by atoms with E-state index < -0.39 is 0 Å². The van der Waals surface area contributed by atoms with Gasteiger partial charge >= 0.3 is 0 Å². The fourth-order valence-electron chi connectivity index (χ4n) is 2.83. The lowest BCUT2D eigenvalue weighted by molar-refractivity contribution is -0.117. The van der Waals surface area contributed by atoms with Crippen LogP contribution in [0.15, 0.2) is 24.3 Å². The maximum absolute atomic E-state index is 12.2. The Hall–Kier alpha value is -1.35. The molecule has 2 unspecified atom stereocenters. The van der Waals surface area contributed by atoms with Crippen LogP contribution >= 0.6 is 0 Å². The highest BCUT2D eigenvalue weighted by atomic mass is 16.2. The van der Waals surface area contributed by atoms with Crippen LogP contribution in [-0.4, -0.2) is 25.5 Å². The molecule has 2 atom stereocenters. The molecule has 1 heterocycles. The number of nitrogens with one attached hydrogen (secondary N) is 1. The molecule has 1 fully saturated rings. The molecule has 0 spiro atoms. The number of amides is 1. The summed E-state index contributed by atoms with van der Waals surface area (Å²) < 4.78 is 0. The van der Waals surface area contributed by atoms with Gasteiger partial charge in [-0.15, -0.1) is 0 Å². The van der Waals surface area contributed by atoms with E-state index in [4.69, 9.17) is 0 Å². The van der Waals surface area contributed by atoms with Crippen LogP contribution in [0.4, 0.5) is 5.69 Å². The SMILES string of the molecule is CCc1ccccc1N1C(=O)CC(CNC)C1C. The zero-order valence-electron chi connectivity index (χ0n) is 11.4. The first-order valence-electron chi connectivity index (χ1n) is 6.73. The molecular formula is C15H22N2O. The fraction of sp³-hybridized carbons (Fsp3) is 0.533. The number of hydrogen-bond donors (Lipinski definition) is 1. The second-order valence-electron chi connectivity index (χ2n) is 5.01. The molecule has 1 aromatic rings. The van der Waals surface area contributed by atoms with Crippen molar-refractivity contribution in [3.05, 3.63) is 29.8 Å². The van der Waals surface area contributed by atoms with E-state index in [1.165, 1.54) is 5.56 Å². The van der Waals surface area contributed by atoms with Gasteiger partial charge in [0.2, 0.25) is 5.91 Å². The number of carbonyl (C=O) groups excluding carboxylic acids is 1. The zero-order chi connectivity index (χ0) is 13.1. The molecule has 0 radical (unpaired) electrons. The van der Waals surface area contributed by atoms with Gasteiger partial charge < -0.3 is 10.2 Å². The van der Waals surface area contributed by atoms with Crippen molar-refractivity contribution in [3.63, 3.8) is 0 Å². The summed E-state index contributed by atoms with van der Waals surface area (Å²) in [5.41, 5.74) is 2.35. The standard InChI is InChI=1S/C15H22N2O/c1-4-12-7-5-6-8-14(12)17-11(2)13(10-16-3)9-15(17)18/h5-8,11,13,16H,4,9-10H2,1-3H3. The van der Waals surface area contributed by atoms with Crippen molar-refractivity contribution in [2.75, 3.05) is 18.5 Å². The smallest absolute Gasteiger partial charge is 0.227 e. The highest BCUT2D eigenvalue weighted by Crippen LogP contribution is 2.32. The van der Waals surface area contributed by atoms with Gasteiger partial charge in [0.05, 0.1) is 0 Å². The Morgan fingerprint density at radius 1 is 1.39 bits per heavy atom. The van der Waals surface area contributed by atoms with Crippen molar-refractivity contribution in [2.24, 2.45) is 5.92 Å². The third-order valence-corrected chi connectivity index (χ3v) is 3.89. The molecule has 2 rings (SSSR count). The summed E-state index contributed by atoms with van der Waals surface area (Å²) in [6.45, 7) is 5.19. The lowest BCUT2D eigenvalue weighted by Crippen LogP contribution is -2.35. The Labute approximate surface area is 109 Å². The number of rotatable bonds is 4. The molecular weight excluding hydrogens is 224 g/mol. The Balaban J connectivity index is 2.30. The highest BCUT2D eigenvalue weighted by Gasteiger charge is 2.37. The molecule has 1 aliphatic heterocycles. The number of nitrogens with zero attached hydrogens (tertiary/aromatic N) is 1. The van der Waals surface area contributed by atoms with Crippen molar-refractivity contribution < 1.29 is 4.79 Å². The van der Waals surface area contributed by atoms with Crippen LogP contribution in [0.1, 0.15) is 25.8 Å². The van der Waals surface area contributed by atoms with Crippen molar-refractivity contribution in [2.45, 2.75) is 32.7 Å². The average molecular weight is 246 g/mol. The van der Waals surface area contributed by atoms with Gasteiger partial charge in [0.1, 0.15) is 0 Å². The molecule has 0 aliphatic carbocycles. The maximum Gasteiger partial charge on any atom is 0.227 e. The van der Waals surface area contributed by atoms with Crippen molar-refractivity contribution in [1.29, 1.82) is 0 Å². The number of carbonyl (C=O) groups is 1. The van der Waals surface area contributed by atoms with Crippen molar-refractivity contribution in [3.8, 4) is 0 Å². The third-order valence-electron chi connectivity index (χ3n) is 3.89. The van der Waals surface area contributed by atoms with Gasteiger partial charge in [0.25, 0.3) is 0 Å². The second kappa shape index (κ2) is 5.53. The van der Waals surface area contributed by atoms with E-state index >= 15 is 0 Å². The van der Waals surface area contributed by atoms with E-state index in [2.05, 4.69) is 31.3 Å². The summed E-state index contributed by atoms with van der Waals surface area (Å²) in [4.78, 5) is 14.2. The Bertz CT molecular complexity index is 430. The number of aryl methyl sites for hydroxylation is 1. The number of anilines is 1. The van der Waals surface area contributed by atoms with E-state index in [9.17, 15) is 4.79 Å². The van der Waals surface area contributed by atoms with Crippen LogP contribution < -0.4 is 10.2 Å². The predicted molar refractivity (Wildman–Crippen MR) is 74.8 cm³/mol. The van der Waals surface area contributed by atoms with Gasteiger partial charge in [-0.05, 0) is 32.0 Å². The minimum absolute atomic E-state index is 0.253. The van der Waals surface area contributed by atoms with Gasteiger partial charge in [-0.25, -0.2) is 0 Å². The van der Waals surface area contributed by atoms with Crippen LogP contribution in [0, 0.1) is 5.92 Å². The first kappa shape index (κ1) is 13.1. The molecule has 3 nitrogen and oxygen atoms in total.